The molecule has 0 bridgehead atoms. The van der Waals surface area contributed by atoms with Crippen molar-refractivity contribution in [1.29, 1.82) is 0 Å². The number of aromatic nitrogens is 1. The molecule has 15 heavy (non-hydrogen) atoms. The largest absolute Gasteiger partial charge is 0.374 e. The Kier molecular flexibility index (Phi) is 5.50. The predicted octanol–water partition coefficient (Wildman–Crippen LogP) is 2.38. The standard InChI is InChI=1S/C11H14BrNO2/c1-2-3-15-8-11(14)5-9-4-10(12)7-13-6-9/h4,6-7H,2-3,5,8H2,1H3. The maximum absolute atomic E-state index is 11.4. The van der Waals surface area contributed by atoms with Crippen molar-refractivity contribution >= 4 is 21.7 Å². The van der Waals surface area contributed by atoms with Crippen LogP contribution in [0.3, 0.4) is 0 Å². The zero-order valence-corrected chi connectivity index (χ0v) is 10.3. The molecule has 0 fully saturated rings. The molecule has 0 unspecified atom stereocenters. The maximum atomic E-state index is 11.4. The monoisotopic (exact) mass is 271 g/mol. The first-order chi connectivity index (χ1) is 7.22. The first-order valence-electron chi connectivity index (χ1n) is 4.91. The van der Waals surface area contributed by atoms with E-state index in [1.54, 1.807) is 12.4 Å². The number of pyridine rings is 1. The SMILES string of the molecule is CCCOCC(=O)Cc1cncc(Br)c1. The Labute approximate surface area is 98.0 Å². The average Bonchev–Trinajstić information content (AvgIpc) is 2.18. The molecule has 0 amide bonds. The lowest BCUT2D eigenvalue weighted by atomic mass is 10.1. The number of rotatable bonds is 6. The van der Waals surface area contributed by atoms with Crippen LogP contribution in [0.15, 0.2) is 22.9 Å². The highest BCUT2D eigenvalue weighted by molar-refractivity contribution is 9.10. The first kappa shape index (κ1) is 12.3. The molecule has 1 aromatic heterocycles. The van der Waals surface area contributed by atoms with Crippen LogP contribution >= 0.6 is 15.9 Å². The fraction of sp³-hybridized carbons (Fsp3) is 0.455. The van der Waals surface area contributed by atoms with Gasteiger partial charge in [0.25, 0.3) is 0 Å². The van der Waals surface area contributed by atoms with Crippen LogP contribution in [0.2, 0.25) is 0 Å². The number of ketones is 1. The van der Waals surface area contributed by atoms with Gasteiger partial charge in [0.15, 0.2) is 5.78 Å². The van der Waals surface area contributed by atoms with E-state index in [-0.39, 0.29) is 12.4 Å². The summed E-state index contributed by atoms with van der Waals surface area (Å²) in [5.74, 6) is 0.0864. The van der Waals surface area contributed by atoms with Crippen LogP contribution in [0.25, 0.3) is 0 Å². The van der Waals surface area contributed by atoms with Crippen LogP contribution in [0.4, 0.5) is 0 Å². The highest BCUT2D eigenvalue weighted by atomic mass is 79.9. The number of hydrogen-bond donors (Lipinski definition) is 0. The molecular formula is C11H14BrNO2. The van der Waals surface area contributed by atoms with Gasteiger partial charge >= 0.3 is 0 Å². The lowest BCUT2D eigenvalue weighted by Gasteiger charge is -2.02. The van der Waals surface area contributed by atoms with E-state index in [1.807, 2.05) is 13.0 Å². The van der Waals surface area contributed by atoms with Crippen molar-refractivity contribution in [2.75, 3.05) is 13.2 Å². The van der Waals surface area contributed by atoms with Gasteiger partial charge in [0, 0.05) is 29.9 Å². The third kappa shape index (κ3) is 5.04. The first-order valence-corrected chi connectivity index (χ1v) is 5.70. The summed E-state index contributed by atoms with van der Waals surface area (Å²) in [6.07, 6.45) is 4.71. The van der Waals surface area contributed by atoms with Crippen molar-refractivity contribution < 1.29 is 9.53 Å². The molecule has 82 valence electrons. The topological polar surface area (TPSA) is 39.2 Å². The van der Waals surface area contributed by atoms with Crippen molar-refractivity contribution in [3.63, 3.8) is 0 Å². The van der Waals surface area contributed by atoms with Crippen molar-refractivity contribution in [1.82, 2.24) is 4.98 Å². The van der Waals surface area contributed by atoms with E-state index >= 15 is 0 Å². The van der Waals surface area contributed by atoms with Gasteiger partial charge in [-0.1, -0.05) is 6.92 Å². The zero-order chi connectivity index (χ0) is 11.1. The minimum atomic E-state index is 0.0864. The van der Waals surface area contributed by atoms with E-state index < -0.39 is 0 Å². The number of carbonyl (C=O) groups excluding carboxylic acids is 1. The Morgan fingerprint density at radius 2 is 2.33 bits per heavy atom. The van der Waals surface area contributed by atoms with E-state index in [2.05, 4.69) is 20.9 Å². The van der Waals surface area contributed by atoms with Crippen molar-refractivity contribution in [2.45, 2.75) is 19.8 Å². The normalized spacial score (nSPS) is 10.3. The number of hydrogen-bond acceptors (Lipinski definition) is 3. The molecule has 0 saturated heterocycles. The molecule has 4 heteroatoms. The molecule has 0 atom stereocenters. The molecule has 3 nitrogen and oxygen atoms in total. The minimum Gasteiger partial charge on any atom is -0.374 e. The van der Waals surface area contributed by atoms with Gasteiger partial charge < -0.3 is 4.74 Å². The zero-order valence-electron chi connectivity index (χ0n) is 8.70. The Morgan fingerprint density at radius 3 is 3.00 bits per heavy atom. The molecule has 0 radical (unpaired) electrons. The highest BCUT2D eigenvalue weighted by Gasteiger charge is 2.04. The summed E-state index contributed by atoms with van der Waals surface area (Å²) in [5, 5.41) is 0. The van der Waals surface area contributed by atoms with E-state index in [1.165, 1.54) is 0 Å². The smallest absolute Gasteiger partial charge is 0.162 e. The van der Waals surface area contributed by atoms with Gasteiger partial charge in [-0.2, -0.15) is 0 Å². The van der Waals surface area contributed by atoms with Gasteiger partial charge in [0.2, 0.25) is 0 Å². The van der Waals surface area contributed by atoms with E-state index in [9.17, 15) is 4.79 Å². The van der Waals surface area contributed by atoms with Gasteiger partial charge in [-0.3, -0.25) is 9.78 Å². The molecule has 0 spiro atoms. The molecule has 0 aliphatic rings. The Bertz CT molecular complexity index is 328. The van der Waals surface area contributed by atoms with Crippen LogP contribution < -0.4 is 0 Å². The summed E-state index contributed by atoms with van der Waals surface area (Å²) >= 11 is 3.31. The third-order valence-electron chi connectivity index (χ3n) is 1.77. The fourth-order valence-corrected chi connectivity index (χ4v) is 1.57. The summed E-state index contributed by atoms with van der Waals surface area (Å²) in [4.78, 5) is 15.4. The number of Topliss-reactive ketones (excluding diaryl/α,β-unsaturated/α-hetero) is 1. The second-order valence-electron chi connectivity index (χ2n) is 3.28. The molecule has 0 aliphatic carbocycles. The molecule has 0 aliphatic heterocycles. The summed E-state index contributed by atoms with van der Waals surface area (Å²) < 4.78 is 6.06. The summed E-state index contributed by atoms with van der Waals surface area (Å²) in [6.45, 7) is 2.85. The van der Waals surface area contributed by atoms with Gasteiger partial charge in [0.1, 0.15) is 6.61 Å². The number of halogens is 1. The third-order valence-corrected chi connectivity index (χ3v) is 2.21. The molecular weight excluding hydrogens is 258 g/mol. The average molecular weight is 272 g/mol. The Hall–Kier alpha value is -0.740. The number of carbonyl (C=O) groups is 1. The minimum absolute atomic E-state index is 0.0864. The lowest BCUT2D eigenvalue weighted by Crippen LogP contribution is -2.12. The quantitative estimate of drug-likeness (QED) is 0.746. The van der Waals surface area contributed by atoms with Crippen molar-refractivity contribution in [3.05, 3.63) is 28.5 Å². The Balaban J connectivity index is 2.37. The molecule has 0 aromatic carbocycles. The second kappa shape index (κ2) is 6.69. The van der Waals surface area contributed by atoms with Gasteiger partial charge in [0.05, 0.1) is 0 Å². The van der Waals surface area contributed by atoms with Crippen LogP contribution in [0.1, 0.15) is 18.9 Å². The van der Waals surface area contributed by atoms with Crippen LogP contribution in [-0.4, -0.2) is 24.0 Å². The second-order valence-corrected chi connectivity index (χ2v) is 4.20. The predicted molar refractivity (Wildman–Crippen MR) is 61.8 cm³/mol. The highest BCUT2D eigenvalue weighted by Crippen LogP contribution is 2.10. The van der Waals surface area contributed by atoms with Crippen LogP contribution in [0.5, 0.6) is 0 Å². The maximum Gasteiger partial charge on any atom is 0.162 e. The number of ether oxygens (including phenoxy) is 1. The van der Waals surface area contributed by atoms with Gasteiger partial charge in [-0.25, -0.2) is 0 Å². The molecule has 1 heterocycles. The summed E-state index contributed by atoms with van der Waals surface area (Å²) in [7, 11) is 0. The van der Waals surface area contributed by atoms with E-state index in [0.29, 0.717) is 13.0 Å². The molecule has 0 saturated carbocycles. The molecule has 0 N–H and O–H groups in total. The van der Waals surface area contributed by atoms with Crippen molar-refractivity contribution in [2.24, 2.45) is 0 Å². The summed E-state index contributed by atoms with van der Waals surface area (Å²) in [5.41, 5.74) is 0.912. The van der Waals surface area contributed by atoms with Crippen LogP contribution in [0, 0.1) is 0 Å². The lowest BCUT2D eigenvalue weighted by molar-refractivity contribution is -0.122. The molecule has 1 aromatic rings. The van der Waals surface area contributed by atoms with Gasteiger partial charge in [-0.15, -0.1) is 0 Å². The Morgan fingerprint density at radius 1 is 1.53 bits per heavy atom. The fourth-order valence-electron chi connectivity index (χ4n) is 1.16. The van der Waals surface area contributed by atoms with E-state index in [0.717, 1.165) is 16.5 Å². The molecule has 1 rings (SSSR count). The van der Waals surface area contributed by atoms with E-state index in [4.69, 9.17) is 4.74 Å². The van der Waals surface area contributed by atoms with Crippen LogP contribution in [-0.2, 0) is 16.0 Å². The van der Waals surface area contributed by atoms with Crippen molar-refractivity contribution in [3.8, 4) is 0 Å². The summed E-state index contributed by atoms with van der Waals surface area (Å²) in [6, 6.07) is 1.89. The van der Waals surface area contributed by atoms with Gasteiger partial charge in [-0.05, 0) is 34.0 Å². The number of nitrogens with zero attached hydrogens (tertiary/aromatic N) is 1.